The monoisotopic (exact) mass is 190 g/mol. The second-order valence-electron chi connectivity index (χ2n) is 2.95. The van der Waals surface area contributed by atoms with Crippen molar-refractivity contribution in [1.29, 1.82) is 0 Å². The lowest BCUT2D eigenvalue weighted by Gasteiger charge is -2.04. The number of benzene rings is 1. The zero-order valence-corrected chi connectivity index (χ0v) is 7.77. The Kier molecular flexibility index (Phi) is 3.29. The van der Waals surface area contributed by atoms with Crippen molar-refractivity contribution in [3.8, 4) is 0 Å². The van der Waals surface area contributed by atoms with Gasteiger partial charge in [-0.1, -0.05) is 30.3 Å². The predicted octanol–water partition coefficient (Wildman–Crippen LogP) is 1.27. The zero-order valence-electron chi connectivity index (χ0n) is 7.77. The van der Waals surface area contributed by atoms with Gasteiger partial charge in [-0.25, -0.2) is 0 Å². The molecule has 3 nitrogen and oxygen atoms in total. The van der Waals surface area contributed by atoms with Gasteiger partial charge in [0.2, 0.25) is 0 Å². The van der Waals surface area contributed by atoms with Crippen LogP contribution in [0.15, 0.2) is 30.3 Å². The summed E-state index contributed by atoms with van der Waals surface area (Å²) < 4.78 is 0. The fourth-order valence-electron chi connectivity index (χ4n) is 1.12. The van der Waals surface area contributed by atoms with E-state index in [-0.39, 0.29) is 0 Å². The van der Waals surface area contributed by atoms with Gasteiger partial charge in [0.25, 0.3) is 0 Å². The van der Waals surface area contributed by atoms with Gasteiger partial charge in [0, 0.05) is 5.56 Å². The summed E-state index contributed by atoms with van der Waals surface area (Å²) >= 11 is 0. The first kappa shape index (κ1) is 10.3. The summed E-state index contributed by atoms with van der Waals surface area (Å²) in [5.41, 5.74) is 0.389. The van der Waals surface area contributed by atoms with Crippen molar-refractivity contribution < 1.29 is 14.4 Å². The Bertz CT molecular complexity index is 354. The van der Waals surface area contributed by atoms with Crippen LogP contribution in [0.5, 0.6) is 0 Å². The molecule has 0 heterocycles. The van der Waals surface area contributed by atoms with Crippen LogP contribution in [0.25, 0.3) is 0 Å². The van der Waals surface area contributed by atoms with E-state index in [4.69, 9.17) is 0 Å². The van der Waals surface area contributed by atoms with E-state index in [1.54, 1.807) is 30.3 Å². The van der Waals surface area contributed by atoms with Gasteiger partial charge in [-0.15, -0.1) is 0 Å². The molecule has 3 heteroatoms. The maximum absolute atomic E-state index is 11.6. The van der Waals surface area contributed by atoms with Gasteiger partial charge >= 0.3 is 0 Å². The van der Waals surface area contributed by atoms with E-state index in [1.165, 1.54) is 6.92 Å². The summed E-state index contributed by atoms with van der Waals surface area (Å²) in [5.74, 6) is -2.01. The molecule has 0 aliphatic heterocycles. The fraction of sp³-hybridized carbons (Fsp3) is 0.182. The first-order chi connectivity index (χ1) is 6.66. The topological polar surface area (TPSA) is 51.2 Å². The standard InChI is InChI=1S/C11H10O3/c1-8(13)10(7-12)11(14)9-5-3-2-4-6-9/h2-7,10H,1H3. The molecule has 1 aromatic carbocycles. The highest BCUT2D eigenvalue weighted by Gasteiger charge is 2.23. The Balaban J connectivity index is 2.95. The maximum Gasteiger partial charge on any atom is 0.180 e. The van der Waals surface area contributed by atoms with Gasteiger partial charge in [-0.3, -0.25) is 9.59 Å². The van der Waals surface area contributed by atoms with Crippen molar-refractivity contribution in [3.05, 3.63) is 35.9 Å². The van der Waals surface area contributed by atoms with Gasteiger partial charge in [0.15, 0.2) is 5.78 Å². The number of Topliss-reactive ketones (excluding diaryl/α,β-unsaturated/α-hetero) is 2. The van der Waals surface area contributed by atoms with Crippen molar-refractivity contribution in [2.75, 3.05) is 0 Å². The van der Waals surface area contributed by atoms with E-state index in [1.807, 2.05) is 0 Å². The third-order valence-electron chi connectivity index (χ3n) is 1.91. The summed E-state index contributed by atoms with van der Waals surface area (Å²) in [5, 5.41) is 0. The van der Waals surface area contributed by atoms with Crippen LogP contribution >= 0.6 is 0 Å². The van der Waals surface area contributed by atoms with Gasteiger partial charge in [0.1, 0.15) is 18.0 Å². The first-order valence-corrected chi connectivity index (χ1v) is 4.22. The molecule has 0 amide bonds. The van der Waals surface area contributed by atoms with E-state index in [9.17, 15) is 14.4 Å². The third kappa shape index (κ3) is 2.13. The van der Waals surface area contributed by atoms with Crippen LogP contribution in [0.2, 0.25) is 0 Å². The van der Waals surface area contributed by atoms with Crippen molar-refractivity contribution in [2.24, 2.45) is 5.92 Å². The molecule has 72 valence electrons. The lowest BCUT2D eigenvalue weighted by atomic mass is 9.96. The molecule has 1 rings (SSSR count). The molecule has 1 unspecified atom stereocenters. The SMILES string of the molecule is CC(=O)C(C=O)C(=O)c1ccccc1. The maximum atomic E-state index is 11.6. The van der Waals surface area contributed by atoms with E-state index in [0.717, 1.165) is 0 Å². The van der Waals surface area contributed by atoms with Crippen LogP contribution in [0.1, 0.15) is 17.3 Å². The first-order valence-electron chi connectivity index (χ1n) is 4.22. The molecule has 0 aliphatic carbocycles. The highest BCUT2D eigenvalue weighted by Crippen LogP contribution is 2.07. The largest absolute Gasteiger partial charge is 0.302 e. The summed E-state index contributed by atoms with van der Waals surface area (Å²) in [6, 6.07) is 8.31. The van der Waals surface area contributed by atoms with Gasteiger partial charge in [-0.05, 0) is 6.92 Å². The minimum atomic E-state index is -1.16. The molecule has 0 bridgehead atoms. The van der Waals surface area contributed by atoms with Crippen LogP contribution in [0.3, 0.4) is 0 Å². The average molecular weight is 190 g/mol. The molecule has 1 aromatic rings. The number of carbonyl (C=O) groups is 3. The van der Waals surface area contributed by atoms with E-state index in [0.29, 0.717) is 11.8 Å². The molecule has 14 heavy (non-hydrogen) atoms. The molecule has 0 saturated carbocycles. The van der Waals surface area contributed by atoms with Gasteiger partial charge in [0.05, 0.1) is 0 Å². The fourth-order valence-corrected chi connectivity index (χ4v) is 1.12. The van der Waals surface area contributed by atoms with Crippen molar-refractivity contribution in [2.45, 2.75) is 6.92 Å². The third-order valence-corrected chi connectivity index (χ3v) is 1.91. The Hall–Kier alpha value is -1.77. The van der Waals surface area contributed by atoms with E-state index < -0.39 is 17.5 Å². The Labute approximate surface area is 81.7 Å². The average Bonchev–Trinajstić information content (AvgIpc) is 2.19. The lowest BCUT2D eigenvalue weighted by molar-refractivity contribution is -0.123. The zero-order chi connectivity index (χ0) is 10.6. The molecular formula is C11H10O3. The molecular weight excluding hydrogens is 180 g/mol. The summed E-state index contributed by atoms with van der Waals surface area (Å²) in [6.45, 7) is 1.24. The van der Waals surface area contributed by atoms with Crippen molar-refractivity contribution >= 4 is 17.9 Å². The summed E-state index contributed by atoms with van der Waals surface area (Å²) in [4.78, 5) is 33.0. The van der Waals surface area contributed by atoms with Crippen LogP contribution in [-0.2, 0) is 9.59 Å². The molecule has 0 saturated heterocycles. The smallest absolute Gasteiger partial charge is 0.180 e. The Morgan fingerprint density at radius 1 is 1.21 bits per heavy atom. The van der Waals surface area contributed by atoms with Crippen LogP contribution < -0.4 is 0 Å². The van der Waals surface area contributed by atoms with E-state index in [2.05, 4.69) is 0 Å². The molecule has 0 fully saturated rings. The number of rotatable bonds is 4. The highest BCUT2D eigenvalue weighted by atomic mass is 16.2. The number of hydrogen-bond donors (Lipinski definition) is 0. The molecule has 0 aromatic heterocycles. The van der Waals surface area contributed by atoms with Crippen LogP contribution in [0, 0.1) is 5.92 Å². The van der Waals surface area contributed by atoms with Crippen LogP contribution in [-0.4, -0.2) is 17.9 Å². The second kappa shape index (κ2) is 4.46. The summed E-state index contributed by atoms with van der Waals surface area (Å²) in [6.07, 6.45) is 0.387. The van der Waals surface area contributed by atoms with Gasteiger partial charge < -0.3 is 4.79 Å². The second-order valence-corrected chi connectivity index (χ2v) is 2.95. The quantitative estimate of drug-likeness (QED) is 0.408. The predicted molar refractivity (Wildman–Crippen MR) is 51.0 cm³/mol. The number of carbonyl (C=O) groups excluding carboxylic acids is 3. The minimum Gasteiger partial charge on any atom is -0.302 e. The highest BCUT2D eigenvalue weighted by molar-refractivity contribution is 6.18. The molecule has 1 atom stereocenters. The minimum absolute atomic E-state index is 0.387. The van der Waals surface area contributed by atoms with E-state index >= 15 is 0 Å². The summed E-state index contributed by atoms with van der Waals surface area (Å²) in [7, 11) is 0. The molecule has 0 aliphatic rings. The lowest BCUT2D eigenvalue weighted by Crippen LogP contribution is -2.23. The van der Waals surface area contributed by atoms with Gasteiger partial charge in [-0.2, -0.15) is 0 Å². The molecule has 0 spiro atoms. The van der Waals surface area contributed by atoms with Crippen molar-refractivity contribution in [3.63, 3.8) is 0 Å². The Morgan fingerprint density at radius 3 is 2.21 bits per heavy atom. The number of hydrogen-bond acceptors (Lipinski definition) is 3. The van der Waals surface area contributed by atoms with Crippen LogP contribution in [0.4, 0.5) is 0 Å². The normalized spacial score (nSPS) is 11.8. The molecule has 0 N–H and O–H groups in total. The number of ketones is 2. The van der Waals surface area contributed by atoms with Crippen molar-refractivity contribution in [1.82, 2.24) is 0 Å². The Morgan fingerprint density at radius 2 is 1.79 bits per heavy atom. The molecule has 0 radical (unpaired) electrons. The number of aldehydes is 1.